The molecule has 118 valence electrons. The topological polar surface area (TPSA) is 64.6 Å². The summed E-state index contributed by atoms with van der Waals surface area (Å²) >= 11 is 0. The lowest BCUT2D eigenvalue weighted by Crippen LogP contribution is -2.32. The largest absolute Gasteiger partial charge is 0.463 e. The monoisotopic (exact) mass is 295 g/mol. The number of allylic oxidation sites excluding steroid dienone is 4. The number of ether oxygens (including phenoxy) is 2. The molecule has 0 aliphatic carbocycles. The van der Waals surface area contributed by atoms with Gasteiger partial charge in [-0.3, -0.25) is 0 Å². The van der Waals surface area contributed by atoms with Crippen LogP contribution in [0, 0.1) is 0 Å². The van der Waals surface area contributed by atoms with Gasteiger partial charge >= 0.3 is 12.1 Å². The molecule has 0 aromatic heterocycles. The van der Waals surface area contributed by atoms with Gasteiger partial charge in [-0.2, -0.15) is 0 Å². The minimum Gasteiger partial charge on any atom is -0.463 e. The normalized spacial score (nSPS) is 12.2. The lowest BCUT2D eigenvalue weighted by atomic mass is 10.2. The van der Waals surface area contributed by atoms with Crippen LogP contribution in [0.5, 0.6) is 0 Å². The Hall–Kier alpha value is -2.04. The zero-order valence-electron chi connectivity index (χ0n) is 13.2. The fourth-order valence-corrected chi connectivity index (χ4v) is 1.20. The SMILES string of the molecule is CCOC(=O)/C=C/C=C/C=C/CCNC(=O)OC(C)(C)C. The van der Waals surface area contributed by atoms with Crippen LogP contribution in [0.3, 0.4) is 0 Å². The lowest BCUT2D eigenvalue weighted by molar-refractivity contribution is -0.137. The molecule has 0 unspecified atom stereocenters. The number of carbonyl (C=O) groups excluding carboxylic acids is 2. The number of alkyl carbamates (subject to hydrolysis) is 1. The first kappa shape index (κ1) is 19.0. The highest BCUT2D eigenvalue weighted by molar-refractivity contribution is 5.82. The van der Waals surface area contributed by atoms with Gasteiger partial charge in [0.25, 0.3) is 0 Å². The maximum atomic E-state index is 11.3. The Bertz CT molecular complexity index is 403. The molecule has 1 amide bonds. The van der Waals surface area contributed by atoms with Gasteiger partial charge in [0.1, 0.15) is 5.60 Å². The standard InChI is InChI=1S/C16H25NO4/c1-5-20-14(18)12-10-8-6-7-9-11-13-17-15(19)21-16(2,3)4/h6-10,12H,5,11,13H2,1-4H3,(H,17,19)/b8-6+,9-7+,12-10+. The van der Waals surface area contributed by atoms with Crippen molar-refractivity contribution >= 4 is 12.1 Å². The first-order valence-corrected chi connectivity index (χ1v) is 6.98. The van der Waals surface area contributed by atoms with Crippen molar-refractivity contribution < 1.29 is 19.1 Å². The molecule has 1 N–H and O–H groups in total. The van der Waals surface area contributed by atoms with Crippen LogP contribution in [0.2, 0.25) is 0 Å². The molecule has 0 saturated heterocycles. The smallest absolute Gasteiger partial charge is 0.407 e. The molecule has 0 spiro atoms. The van der Waals surface area contributed by atoms with Gasteiger partial charge in [-0.25, -0.2) is 9.59 Å². The molecule has 0 aliphatic rings. The van der Waals surface area contributed by atoms with Gasteiger partial charge in [0.15, 0.2) is 0 Å². The summed E-state index contributed by atoms with van der Waals surface area (Å²) in [5.74, 6) is -0.354. The molecule has 5 heteroatoms. The highest BCUT2D eigenvalue weighted by Crippen LogP contribution is 2.06. The van der Waals surface area contributed by atoms with E-state index < -0.39 is 11.7 Å². The number of nitrogens with one attached hydrogen (secondary N) is 1. The van der Waals surface area contributed by atoms with Crippen molar-refractivity contribution in [3.63, 3.8) is 0 Å². The third kappa shape index (κ3) is 14.2. The van der Waals surface area contributed by atoms with Crippen LogP contribution in [-0.4, -0.2) is 30.8 Å². The van der Waals surface area contributed by atoms with Crippen molar-refractivity contribution in [2.45, 2.75) is 39.7 Å². The molecular formula is C16H25NO4. The van der Waals surface area contributed by atoms with Gasteiger partial charge in [0.2, 0.25) is 0 Å². The molecule has 0 fully saturated rings. The van der Waals surface area contributed by atoms with E-state index >= 15 is 0 Å². The van der Waals surface area contributed by atoms with E-state index in [9.17, 15) is 9.59 Å². The number of rotatable bonds is 7. The van der Waals surface area contributed by atoms with E-state index in [1.807, 2.05) is 32.9 Å². The number of hydrogen-bond donors (Lipinski definition) is 1. The first-order valence-electron chi connectivity index (χ1n) is 6.98. The zero-order valence-corrected chi connectivity index (χ0v) is 13.2. The molecule has 0 saturated carbocycles. The summed E-state index contributed by atoms with van der Waals surface area (Å²) in [5, 5.41) is 2.66. The Balaban J connectivity index is 3.74. The molecular weight excluding hydrogens is 270 g/mol. The molecule has 0 radical (unpaired) electrons. The van der Waals surface area contributed by atoms with Crippen LogP contribution in [-0.2, 0) is 14.3 Å². The van der Waals surface area contributed by atoms with Crippen molar-refractivity contribution in [2.75, 3.05) is 13.2 Å². The molecule has 0 aromatic carbocycles. The van der Waals surface area contributed by atoms with Crippen LogP contribution in [0.25, 0.3) is 0 Å². The quantitative estimate of drug-likeness (QED) is 0.339. The first-order chi connectivity index (χ1) is 9.85. The number of esters is 1. The van der Waals surface area contributed by atoms with Gasteiger partial charge in [-0.05, 0) is 34.1 Å². The Labute approximate surface area is 126 Å². The second kappa shape index (κ2) is 10.7. The van der Waals surface area contributed by atoms with E-state index in [0.29, 0.717) is 19.6 Å². The Morgan fingerprint density at radius 2 is 1.76 bits per heavy atom. The molecule has 0 aromatic rings. The summed E-state index contributed by atoms with van der Waals surface area (Å²) in [5.41, 5.74) is -0.478. The number of carbonyl (C=O) groups is 2. The van der Waals surface area contributed by atoms with E-state index in [1.165, 1.54) is 6.08 Å². The zero-order chi connectivity index (χ0) is 16.1. The minimum absolute atomic E-state index is 0.354. The van der Waals surface area contributed by atoms with Crippen molar-refractivity contribution in [3.8, 4) is 0 Å². The summed E-state index contributed by atoms with van der Waals surface area (Å²) in [4.78, 5) is 22.3. The Morgan fingerprint density at radius 3 is 2.38 bits per heavy atom. The Morgan fingerprint density at radius 1 is 1.10 bits per heavy atom. The van der Waals surface area contributed by atoms with Crippen LogP contribution in [0.4, 0.5) is 4.79 Å². The average molecular weight is 295 g/mol. The molecule has 0 heterocycles. The second-order valence-corrected chi connectivity index (χ2v) is 5.14. The van der Waals surface area contributed by atoms with Crippen molar-refractivity contribution in [1.82, 2.24) is 5.32 Å². The van der Waals surface area contributed by atoms with Crippen LogP contribution in [0.15, 0.2) is 36.5 Å². The van der Waals surface area contributed by atoms with Gasteiger partial charge in [-0.1, -0.05) is 30.4 Å². The molecule has 0 aliphatic heterocycles. The lowest BCUT2D eigenvalue weighted by Gasteiger charge is -2.19. The second-order valence-electron chi connectivity index (χ2n) is 5.14. The highest BCUT2D eigenvalue weighted by Gasteiger charge is 2.14. The predicted molar refractivity (Wildman–Crippen MR) is 82.9 cm³/mol. The molecule has 0 atom stereocenters. The van der Waals surface area contributed by atoms with Crippen LogP contribution >= 0.6 is 0 Å². The summed E-state index contributed by atoms with van der Waals surface area (Å²) in [6.07, 6.45) is 10.5. The molecule has 5 nitrogen and oxygen atoms in total. The number of amides is 1. The summed E-state index contributed by atoms with van der Waals surface area (Å²) in [6.45, 7) is 8.11. The number of hydrogen-bond acceptors (Lipinski definition) is 4. The van der Waals surface area contributed by atoms with Gasteiger partial charge in [-0.15, -0.1) is 0 Å². The molecule has 21 heavy (non-hydrogen) atoms. The Kier molecular flexibility index (Phi) is 9.67. The fourth-order valence-electron chi connectivity index (χ4n) is 1.20. The third-order valence-electron chi connectivity index (χ3n) is 1.97. The predicted octanol–water partition coefficient (Wildman–Crippen LogP) is 3.13. The summed E-state index contributed by atoms with van der Waals surface area (Å²) in [6, 6.07) is 0. The van der Waals surface area contributed by atoms with Crippen molar-refractivity contribution in [1.29, 1.82) is 0 Å². The van der Waals surface area contributed by atoms with Crippen molar-refractivity contribution in [2.24, 2.45) is 0 Å². The molecule has 0 rings (SSSR count). The maximum absolute atomic E-state index is 11.3. The van der Waals surface area contributed by atoms with E-state index in [2.05, 4.69) is 5.32 Å². The van der Waals surface area contributed by atoms with Crippen molar-refractivity contribution in [3.05, 3.63) is 36.5 Å². The van der Waals surface area contributed by atoms with Gasteiger partial charge < -0.3 is 14.8 Å². The average Bonchev–Trinajstić information content (AvgIpc) is 2.35. The summed E-state index contributed by atoms with van der Waals surface area (Å²) in [7, 11) is 0. The van der Waals surface area contributed by atoms with Crippen LogP contribution < -0.4 is 5.32 Å². The summed E-state index contributed by atoms with van der Waals surface area (Å²) < 4.78 is 9.83. The maximum Gasteiger partial charge on any atom is 0.407 e. The fraction of sp³-hybridized carbons (Fsp3) is 0.500. The van der Waals surface area contributed by atoms with E-state index in [1.54, 1.807) is 25.2 Å². The molecule has 0 bridgehead atoms. The minimum atomic E-state index is -0.478. The van der Waals surface area contributed by atoms with Crippen LogP contribution in [0.1, 0.15) is 34.1 Å². The van der Waals surface area contributed by atoms with Gasteiger partial charge in [0, 0.05) is 12.6 Å². The van der Waals surface area contributed by atoms with E-state index in [0.717, 1.165) is 0 Å². The third-order valence-corrected chi connectivity index (χ3v) is 1.97. The van der Waals surface area contributed by atoms with E-state index in [4.69, 9.17) is 9.47 Å². The van der Waals surface area contributed by atoms with Gasteiger partial charge in [0.05, 0.1) is 6.61 Å². The highest BCUT2D eigenvalue weighted by atomic mass is 16.6. The van der Waals surface area contributed by atoms with E-state index in [-0.39, 0.29) is 5.97 Å².